The maximum atomic E-state index is 12.0. The highest BCUT2D eigenvalue weighted by molar-refractivity contribution is 6.03. The molecule has 0 bridgehead atoms. The molecule has 0 N–H and O–H groups in total. The summed E-state index contributed by atoms with van der Waals surface area (Å²) in [7, 11) is 0. The largest absolute Gasteiger partial charge is 0.462 e. The molecular formula is C30H32O8. The number of hydrogen-bond acceptors (Lipinski definition) is 8. The van der Waals surface area contributed by atoms with Crippen molar-refractivity contribution in [1.82, 2.24) is 0 Å². The number of carbonyl (C=O) groups is 4. The monoisotopic (exact) mass is 520 g/mol. The number of carbonyl (C=O) groups excluding carboxylic acids is 4. The van der Waals surface area contributed by atoms with Crippen LogP contribution in [-0.2, 0) is 19.2 Å². The highest BCUT2D eigenvalue weighted by Crippen LogP contribution is 2.13. The van der Waals surface area contributed by atoms with E-state index in [4.69, 9.17) is 9.47 Å². The average molecular weight is 521 g/mol. The predicted octanol–water partition coefficient (Wildman–Crippen LogP) is 5.93. The molecule has 0 radical (unpaired) electrons. The van der Waals surface area contributed by atoms with E-state index >= 15 is 0 Å². The van der Waals surface area contributed by atoms with Gasteiger partial charge in [-0.3, -0.25) is 0 Å². The normalized spacial score (nSPS) is 10.2. The quantitative estimate of drug-likeness (QED) is 0.205. The molecule has 38 heavy (non-hydrogen) atoms. The molecule has 200 valence electrons. The fourth-order valence-corrected chi connectivity index (χ4v) is 2.80. The Bertz CT molecular complexity index is 1090. The summed E-state index contributed by atoms with van der Waals surface area (Å²) in [5.41, 5.74) is 1.14. The van der Waals surface area contributed by atoms with E-state index in [1.54, 1.807) is 84.9 Å². The smallest absolute Gasteiger partial charge is 0.386 e. The van der Waals surface area contributed by atoms with Gasteiger partial charge in [-0.1, -0.05) is 76.2 Å². The van der Waals surface area contributed by atoms with Crippen molar-refractivity contribution in [3.8, 4) is 0 Å². The first-order valence-corrected chi connectivity index (χ1v) is 12.2. The zero-order chi connectivity index (χ0) is 27.9. The molecule has 0 amide bonds. The Balaban J connectivity index is 0.000000268. The minimum atomic E-state index is -0.708. The molecule has 0 saturated carbocycles. The van der Waals surface area contributed by atoms with Crippen LogP contribution in [0.1, 0.15) is 69.1 Å². The predicted molar refractivity (Wildman–Crippen MR) is 140 cm³/mol. The van der Waals surface area contributed by atoms with Crippen molar-refractivity contribution < 1.29 is 38.4 Å². The summed E-state index contributed by atoms with van der Waals surface area (Å²) in [6.07, 6.45) is 0. The molecule has 3 aromatic carbocycles. The van der Waals surface area contributed by atoms with Gasteiger partial charge in [0.25, 0.3) is 0 Å². The first-order chi connectivity index (χ1) is 18.2. The van der Waals surface area contributed by atoms with E-state index in [1.165, 1.54) is 0 Å². The van der Waals surface area contributed by atoms with Crippen molar-refractivity contribution in [2.24, 2.45) is 11.8 Å². The molecule has 0 aliphatic carbocycles. The number of rotatable bonds is 8. The Morgan fingerprint density at radius 1 is 0.500 bits per heavy atom. The van der Waals surface area contributed by atoms with Gasteiger partial charge < -0.3 is 9.47 Å². The fourth-order valence-electron chi connectivity index (χ4n) is 2.80. The van der Waals surface area contributed by atoms with E-state index in [9.17, 15) is 19.2 Å². The zero-order valence-electron chi connectivity index (χ0n) is 21.9. The number of esters is 2. The molecule has 0 aromatic heterocycles. The molecule has 0 heterocycles. The highest BCUT2D eigenvalue weighted by atomic mass is 17.2. The third-order valence-corrected chi connectivity index (χ3v) is 4.67. The van der Waals surface area contributed by atoms with E-state index in [2.05, 4.69) is 9.78 Å². The van der Waals surface area contributed by atoms with Crippen LogP contribution in [-0.4, -0.2) is 37.1 Å². The number of benzene rings is 3. The molecule has 8 nitrogen and oxygen atoms in total. The van der Waals surface area contributed by atoms with E-state index in [-0.39, 0.29) is 23.0 Å². The lowest BCUT2D eigenvalue weighted by Gasteiger charge is -2.11. The number of ether oxygens (including phenoxy) is 2. The molecule has 3 aromatic rings. The highest BCUT2D eigenvalue weighted by Gasteiger charge is 2.19. The van der Waals surface area contributed by atoms with Gasteiger partial charge in [-0.2, -0.15) is 0 Å². The Kier molecular flexibility index (Phi) is 12.2. The molecule has 0 unspecified atom stereocenters. The maximum absolute atomic E-state index is 12.0. The van der Waals surface area contributed by atoms with Gasteiger partial charge in [-0.25, -0.2) is 29.0 Å². The molecule has 3 rings (SSSR count). The second-order valence-electron chi connectivity index (χ2n) is 9.00. The van der Waals surface area contributed by atoms with Crippen molar-refractivity contribution in [3.05, 3.63) is 107 Å². The van der Waals surface area contributed by atoms with Crippen molar-refractivity contribution in [3.63, 3.8) is 0 Å². The van der Waals surface area contributed by atoms with Gasteiger partial charge in [0, 0.05) is 0 Å². The van der Waals surface area contributed by atoms with Crippen LogP contribution < -0.4 is 0 Å². The van der Waals surface area contributed by atoms with Gasteiger partial charge in [-0.15, -0.1) is 0 Å². The second-order valence-corrected chi connectivity index (χ2v) is 9.00. The molecular weight excluding hydrogens is 488 g/mol. The zero-order valence-corrected chi connectivity index (χ0v) is 21.9. The molecule has 0 fully saturated rings. The Hall–Kier alpha value is -4.46. The van der Waals surface area contributed by atoms with Gasteiger partial charge >= 0.3 is 23.9 Å². The first-order valence-electron chi connectivity index (χ1n) is 12.2. The third kappa shape index (κ3) is 10.3. The van der Waals surface area contributed by atoms with Crippen molar-refractivity contribution >= 4 is 23.9 Å². The Morgan fingerprint density at radius 3 is 1.13 bits per heavy atom. The summed E-state index contributed by atoms with van der Waals surface area (Å²) in [5, 5.41) is 0. The third-order valence-electron chi connectivity index (χ3n) is 4.67. The van der Waals surface area contributed by atoms with Crippen LogP contribution >= 0.6 is 0 Å². The summed E-state index contributed by atoms with van der Waals surface area (Å²) >= 11 is 0. The molecule has 0 aliphatic rings. The minimum absolute atomic E-state index is 0.249. The van der Waals surface area contributed by atoms with Crippen molar-refractivity contribution in [2.45, 2.75) is 27.7 Å². The van der Waals surface area contributed by atoms with Gasteiger partial charge in [-0.05, 0) is 48.2 Å². The fraction of sp³-hybridized carbons (Fsp3) is 0.267. The van der Waals surface area contributed by atoms with E-state index < -0.39 is 23.9 Å². The SMILES string of the molecule is CC(C)COC(=O)c1ccccc1C(=O)OCC(C)C.O=C(OOC(=O)c1ccccc1)c1ccccc1. The van der Waals surface area contributed by atoms with Crippen LogP contribution in [0.3, 0.4) is 0 Å². The molecule has 0 atom stereocenters. The molecule has 0 saturated heterocycles. The average Bonchev–Trinajstić information content (AvgIpc) is 2.94. The van der Waals surface area contributed by atoms with Crippen molar-refractivity contribution in [2.75, 3.05) is 13.2 Å². The first kappa shape index (κ1) is 29.8. The minimum Gasteiger partial charge on any atom is -0.462 e. The van der Waals surface area contributed by atoms with E-state index in [0.717, 1.165) is 0 Å². The molecule has 0 spiro atoms. The lowest BCUT2D eigenvalue weighted by atomic mass is 10.1. The van der Waals surface area contributed by atoms with Gasteiger partial charge in [0.1, 0.15) is 0 Å². The summed E-state index contributed by atoms with van der Waals surface area (Å²) in [5.74, 6) is -1.90. The van der Waals surface area contributed by atoms with Crippen LogP contribution in [0.25, 0.3) is 0 Å². The van der Waals surface area contributed by atoms with Gasteiger partial charge in [0.2, 0.25) is 0 Å². The summed E-state index contributed by atoms with van der Waals surface area (Å²) in [4.78, 5) is 55.8. The summed E-state index contributed by atoms with van der Waals surface area (Å²) in [6, 6.07) is 23.1. The standard InChI is InChI=1S/C16H22O4.C14H10O4/c1-11(2)9-19-15(17)13-7-5-6-8-14(13)16(18)20-10-12(3)4;15-13(11-7-3-1-4-8-11)17-18-14(16)12-9-5-2-6-10-12/h5-8,11-12H,9-10H2,1-4H3;1-10H. The van der Waals surface area contributed by atoms with Gasteiger partial charge in [0.15, 0.2) is 0 Å². The Morgan fingerprint density at radius 2 is 0.816 bits per heavy atom. The lowest BCUT2D eigenvalue weighted by Crippen LogP contribution is -2.17. The van der Waals surface area contributed by atoms with Crippen LogP contribution in [0.2, 0.25) is 0 Å². The second kappa shape index (κ2) is 15.6. The van der Waals surface area contributed by atoms with Crippen LogP contribution in [0.15, 0.2) is 84.9 Å². The van der Waals surface area contributed by atoms with Crippen LogP contribution in [0, 0.1) is 11.8 Å². The van der Waals surface area contributed by atoms with Gasteiger partial charge in [0.05, 0.1) is 35.5 Å². The van der Waals surface area contributed by atoms with Crippen LogP contribution in [0.5, 0.6) is 0 Å². The maximum Gasteiger partial charge on any atom is 0.386 e. The van der Waals surface area contributed by atoms with Crippen LogP contribution in [0.4, 0.5) is 0 Å². The van der Waals surface area contributed by atoms with E-state index in [0.29, 0.717) is 24.3 Å². The lowest BCUT2D eigenvalue weighted by molar-refractivity contribution is -0.187. The van der Waals surface area contributed by atoms with E-state index in [1.807, 2.05) is 27.7 Å². The summed E-state index contributed by atoms with van der Waals surface area (Å²) in [6.45, 7) is 8.47. The van der Waals surface area contributed by atoms with Crippen molar-refractivity contribution in [1.29, 1.82) is 0 Å². The number of hydrogen-bond donors (Lipinski definition) is 0. The molecule has 8 heteroatoms. The molecule has 0 aliphatic heterocycles. The topological polar surface area (TPSA) is 105 Å². The Labute approximate surface area is 222 Å². The summed E-state index contributed by atoms with van der Waals surface area (Å²) < 4.78 is 10.3.